The zero-order valence-electron chi connectivity index (χ0n) is 9.81. The molecule has 0 radical (unpaired) electrons. The molecule has 2 aromatic heterocycles. The summed E-state index contributed by atoms with van der Waals surface area (Å²) in [5, 5.41) is 1.96. The van der Waals surface area contributed by atoms with Crippen molar-refractivity contribution in [1.82, 2.24) is 10.4 Å². The van der Waals surface area contributed by atoms with Gasteiger partial charge in [-0.2, -0.15) is 0 Å². The van der Waals surface area contributed by atoms with Crippen LogP contribution in [0.15, 0.2) is 29.9 Å². The molecule has 0 aromatic carbocycles. The number of rotatable bonds is 4. The highest BCUT2D eigenvalue weighted by atomic mass is 32.1. The van der Waals surface area contributed by atoms with Crippen LogP contribution in [0.25, 0.3) is 0 Å². The summed E-state index contributed by atoms with van der Waals surface area (Å²) in [7, 11) is 1.66. The largest absolute Gasteiger partial charge is 0.496 e. The highest BCUT2D eigenvalue weighted by molar-refractivity contribution is 7.10. The molecule has 1 unspecified atom stereocenters. The summed E-state index contributed by atoms with van der Waals surface area (Å²) in [6.45, 7) is 2.01. The third kappa shape index (κ3) is 2.63. The van der Waals surface area contributed by atoms with E-state index in [4.69, 9.17) is 10.6 Å². The Kier molecular flexibility index (Phi) is 3.73. The fourth-order valence-electron chi connectivity index (χ4n) is 1.67. The normalized spacial score (nSPS) is 12.4. The fraction of sp³-hybridized carbons (Fsp3) is 0.250. The van der Waals surface area contributed by atoms with Gasteiger partial charge < -0.3 is 4.74 Å². The lowest BCUT2D eigenvalue weighted by molar-refractivity contribution is 0.416. The van der Waals surface area contributed by atoms with Crippen LogP contribution in [0.5, 0.6) is 5.75 Å². The van der Waals surface area contributed by atoms with Gasteiger partial charge >= 0.3 is 0 Å². The van der Waals surface area contributed by atoms with Crippen LogP contribution >= 0.6 is 11.3 Å². The number of nitrogens with zero attached hydrogens (tertiary/aromatic N) is 1. The first kappa shape index (κ1) is 12.0. The molecule has 0 saturated heterocycles. The van der Waals surface area contributed by atoms with Gasteiger partial charge in [0.15, 0.2) is 0 Å². The Morgan fingerprint density at radius 3 is 2.82 bits per heavy atom. The van der Waals surface area contributed by atoms with E-state index in [0.29, 0.717) is 0 Å². The summed E-state index contributed by atoms with van der Waals surface area (Å²) < 4.78 is 5.18. The summed E-state index contributed by atoms with van der Waals surface area (Å²) >= 11 is 1.61. The van der Waals surface area contributed by atoms with Crippen molar-refractivity contribution in [2.24, 2.45) is 5.84 Å². The summed E-state index contributed by atoms with van der Waals surface area (Å²) in [5.74, 6) is 6.48. The lowest BCUT2D eigenvalue weighted by Gasteiger charge is -2.14. The number of nitrogens with two attached hydrogens (primary N) is 1. The monoisotopic (exact) mass is 249 g/mol. The van der Waals surface area contributed by atoms with Crippen LogP contribution in [0, 0.1) is 6.92 Å². The van der Waals surface area contributed by atoms with E-state index in [0.717, 1.165) is 21.8 Å². The number of ether oxygens (including phenoxy) is 1. The number of methoxy groups -OCH3 is 1. The Hall–Kier alpha value is -1.43. The molecule has 0 aliphatic rings. The molecule has 0 amide bonds. The average Bonchev–Trinajstić information content (AvgIpc) is 2.79. The van der Waals surface area contributed by atoms with Crippen LogP contribution in [0.4, 0.5) is 0 Å². The minimum Gasteiger partial charge on any atom is -0.496 e. The van der Waals surface area contributed by atoms with Gasteiger partial charge in [0.25, 0.3) is 0 Å². The van der Waals surface area contributed by atoms with Gasteiger partial charge in [-0.05, 0) is 24.1 Å². The maximum absolute atomic E-state index is 5.63. The number of hydrazine groups is 1. The topological polar surface area (TPSA) is 60.2 Å². The van der Waals surface area contributed by atoms with Crippen LogP contribution in [-0.2, 0) is 0 Å². The van der Waals surface area contributed by atoms with Gasteiger partial charge in [-0.15, -0.1) is 11.3 Å². The second-order valence-electron chi connectivity index (χ2n) is 3.78. The van der Waals surface area contributed by atoms with Crippen molar-refractivity contribution in [1.29, 1.82) is 0 Å². The maximum atomic E-state index is 5.63. The summed E-state index contributed by atoms with van der Waals surface area (Å²) in [4.78, 5) is 5.29. The maximum Gasteiger partial charge on any atom is 0.129 e. The van der Waals surface area contributed by atoms with E-state index < -0.39 is 0 Å². The molecule has 0 fully saturated rings. The smallest absolute Gasteiger partial charge is 0.129 e. The summed E-state index contributed by atoms with van der Waals surface area (Å²) in [6.07, 6.45) is 3.65. The highest BCUT2D eigenvalue weighted by Crippen LogP contribution is 2.30. The zero-order chi connectivity index (χ0) is 12.3. The van der Waals surface area contributed by atoms with Crippen molar-refractivity contribution < 1.29 is 4.74 Å². The van der Waals surface area contributed by atoms with Crippen molar-refractivity contribution in [3.63, 3.8) is 0 Å². The summed E-state index contributed by atoms with van der Waals surface area (Å²) in [5.41, 5.74) is 4.98. The Morgan fingerprint density at radius 1 is 1.41 bits per heavy atom. The number of aryl methyl sites for hydroxylation is 1. The van der Waals surface area contributed by atoms with Gasteiger partial charge in [-0.25, -0.2) is 5.43 Å². The SMILES string of the molecule is COc1csc(C(NN)c2cncc(C)c2)c1. The fourth-order valence-corrected chi connectivity index (χ4v) is 2.61. The minimum atomic E-state index is -0.0451. The predicted molar refractivity (Wildman–Crippen MR) is 69.0 cm³/mol. The molecule has 1 atom stereocenters. The first-order valence-electron chi connectivity index (χ1n) is 5.24. The van der Waals surface area contributed by atoms with E-state index in [1.807, 2.05) is 30.8 Å². The Balaban J connectivity index is 2.33. The van der Waals surface area contributed by atoms with E-state index in [9.17, 15) is 0 Å². The van der Waals surface area contributed by atoms with Gasteiger partial charge in [0.05, 0.1) is 13.2 Å². The van der Waals surface area contributed by atoms with E-state index >= 15 is 0 Å². The molecule has 17 heavy (non-hydrogen) atoms. The van der Waals surface area contributed by atoms with Crippen LogP contribution in [0.3, 0.4) is 0 Å². The first-order valence-corrected chi connectivity index (χ1v) is 6.12. The van der Waals surface area contributed by atoms with Crippen molar-refractivity contribution in [2.75, 3.05) is 7.11 Å². The first-order chi connectivity index (χ1) is 8.24. The molecule has 2 heterocycles. The summed E-state index contributed by atoms with van der Waals surface area (Å²) in [6, 6.07) is 4.01. The number of thiophene rings is 1. The molecule has 0 aliphatic carbocycles. The van der Waals surface area contributed by atoms with E-state index in [1.54, 1.807) is 18.4 Å². The quantitative estimate of drug-likeness (QED) is 0.643. The van der Waals surface area contributed by atoms with E-state index in [1.165, 1.54) is 0 Å². The number of hydrogen-bond acceptors (Lipinski definition) is 5. The molecular formula is C12H15N3OS. The van der Waals surface area contributed by atoms with E-state index in [-0.39, 0.29) is 6.04 Å². The van der Waals surface area contributed by atoms with Gasteiger partial charge in [0, 0.05) is 22.7 Å². The number of aromatic nitrogens is 1. The zero-order valence-corrected chi connectivity index (χ0v) is 10.6. The van der Waals surface area contributed by atoms with Gasteiger partial charge in [-0.1, -0.05) is 6.07 Å². The van der Waals surface area contributed by atoms with Crippen molar-refractivity contribution >= 4 is 11.3 Å². The number of hydrogen-bond donors (Lipinski definition) is 2. The second-order valence-corrected chi connectivity index (χ2v) is 4.73. The number of pyridine rings is 1. The van der Waals surface area contributed by atoms with Crippen molar-refractivity contribution in [3.05, 3.63) is 45.9 Å². The predicted octanol–water partition coefficient (Wildman–Crippen LogP) is 2.01. The second kappa shape index (κ2) is 5.27. The van der Waals surface area contributed by atoms with Gasteiger partial charge in [0.2, 0.25) is 0 Å². The lowest BCUT2D eigenvalue weighted by Crippen LogP contribution is -2.28. The Bertz CT molecular complexity index is 498. The lowest BCUT2D eigenvalue weighted by atomic mass is 10.1. The van der Waals surface area contributed by atoms with E-state index in [2.05, 4.69) is 16.5 Å². The molecular weight excluding hydrogens is 234 g/mol. The molecule has 0 spiro atoms. The molecule has 2 aromatic rings. The van der Waals surface area contributed by atoms with Crippen molar-refractivity contribution in [3.8, 4) is 5.75 Å². The molecule has 0 saturated carbocycles. The van der Waals surface area contributed by atoms with Gasteiger partial charge in [-0.3, -0.25) is 10.8 Å². The Labute approximate surface area is 104 Å². The molecule has 2 rings (SSSR count). The molecule has 4 nitrogen and oxygen atoms in total. The molecule has 5 heteroatoms. The van der Waals surface area contributed by atoms with Crippen LogP contribution in [-0.4, -0.2) is 12.1 Å². The highest BCUT2D eigenvalue weighted by Gasteiger charge is 2.15. The minimum absolute atomic E-state index is 0.0451. The average molecular weight is 249 g/mol. The number of nitrogens with one attached hydrogen (secondary N) is 1. The van der Waals surface area contributed by atoms with Crippen molar-refractivity contribution in [2.45, 2.75) is 13.0 Å². The molecule has 0 aliphatic heterocycles. The molecule has 3 N–H and O–H groups in total. The van der Waals surface area contributed by atoms with Crippen LogP contribution in [0.1, 0.15) is 22.0 Å². The standard InChI is InChI=1S/C12H15N3OS/c1-8-3-9(6-14-5-8)12(15-13)11-4-10(16-2)7-17-11/h3-7,12,15H,13H2,1-2H3. The molecule has 0 bridgehead atoms. The third-order valence-electron chi connectivity index (χ3n) is 2.51. The molecule has 90 valence electrons. The third-order valence-corrected chi connectivity index (χ3v) is 3.49. The van der Waals surface area contributed by atoms with Crippen LogP contribution in [0.2, 0.25) is 0 Å². The van der Waals surface area contributed by atoms with Gasteiger partial charge in [0.1, 0.15) is 5.75 Å². The van der Waals surface area contributed by atoms with Crippen LogP contribution < -0.4 is 16.0 Å². The Morgan fingerprint density at radius 2 is 2.24 bits per heavy atom.